The lowest BCUT2D eigenvalue weighted by Gasteiger charge is -2.29. The number of rotatable bonds is 5. The van der Waals surface area contributed by atoms with Crippen molar-refractivity contribution >= 4 is 30.7 Å². The second-order valence-corrected chi connectivity index (χ2v) is 7.23. The fourth-order valence-corrected chi connectivity index (χ4v) is 3.64. The van der Waals surface area contributed by atoms with Gasteiger partial charge in [0.25, 0.3) is 0 Å². The van der Waals surface area contributed by atoms with Gasteiger partial charge in [-0.25, -0.2) is 0 Å². The molecule has 0 unspecified atom stereocenters. The molecule has 2 heterocycles. The van der Waals surface area contributed by atoms with Crippen molar-refractivity contribution in [3.8, 4) is 0 Å². The molecule has 2 saturated heterocycles. The van der Waals surface area contributed by atoms with Crippen LogP contribution < -0.4 is 10.6 Å². The number of carbonyl (C=O) groups is 1. The van der Waals surface area contributed by atoms with Crippen LogP contribution in [0.4, 0.5) is 0 Å². The highest BCUT2D eigenvalue weighted by atomic mass is 35.5. The average Bonchev–Trinajstić information content (AvgIpc) is 2.90. The molecule has 0 spiro atoms. The van der Waals surface area contributed by atoms with Crippen molar-refractivity contribution in [1.82, 2.24) is 15.5 Å². The monoisotopic (exact) mass is 417 g/mol. The van der Waals surface area contributed by atoms with E-state index in [1.165, 1.54) is 44.3 Å². The van der Waals surface area contributed by atoms with Crippen molar-refractivity contribution in [2.24, 2.45) is 0 Å². The maximum Gasteiger partial charge on any atom is 0.240 e. The third kappa shape index (κ3) is 7.59. The largest absolute Gasteiger partial charge is 0.375 e. The molecule has 0 bridgehead atoms. The highest BCUT2D eigenvalue weighted by Crippen LogP contribution is 2.14. The number of nitrogens with one attached hydrogen (secondary N) is 2. The summed E-state index contributed by atoms with van der Waals surface area (Å²) in [4.78, 5) is 14.8. The third-order valence-corrected chi connectivity index (χ3v) is 5.19. The number of amides is 1. The fraction of sp³-hybridized carbons (Fsp3) is 0.650. The van der Waals surface area contributed by atoms with Crippen LogP contribution in [0.15, 0.2) is 24.3 Å². The molecule has 2 fully saturated rings. The van der Waals surface area contributed by atoms with Crippen LogP contribution in [-0.2, 0) is 22.6 Å². The van der Waals surface area contributed by atoms with Crippen LogP contribution in [0.5, 0.6) is 0 Å². The summed E-state index contributed by atoms with van der Waals surface area (Å²) >= 11 is 0. The molecule has 2 aliphatic heterocycles. The maximum absolute atomic E-state index is 12.3. The molecule has 2 N–H and O–H groups in total. The van der Waals surface area contributed by atoms with E-state index in [0.29, 0.717) is 13.2 Å². The van der Waals surface area contributed by atoms with Crippen LogP contribution in [0.3, 0.4) is 0 Å². The van der Waals surface area contributed by atoms with Crippen molar-refractivity contribution < 1.29 is 9.53 Å². The minimum absolute atomic E-state index is 0. The predicted molar refractivity (Wildman–Crippen MR) is 114 cm³/mol. The first-order valence-corrected chi connectivity index (χ1v) is 9.65. The Morgan fingerprint density at radius 1 is 1.11 bits per heavy atom. The molecule has 27 heavy (non-hydrogen) atoms. The number of halogens is 2. The summed E-state index contributed by atoms with van der Waals surface area (Å²) in [5.41, 5.74) is 2.49. The molecular weight excluding hydrogens is 385 g/mol. The van der Waals surface area contributed by atoms with Crippen LogP contribution in [0.2, 0.25) is 0 Å². The van der Waals surface area contributed by atoms with Crippen LogP contribution in [0.1, 0.15) is 43.7 Å². The normalized spacial score (nSPS) is 23.4. The summed E-state index contributed by atoms with van der Waals surface area (Å²) in [5, 5.41) is 6.24. The van der Waals surface area contributed by atoms with Gasteiger partial charge in [0.2, 0.25) is 5.91 Å². The number of ether oxygens (including phenoxy) is 1. The van der Waals surface area contributed by atoms with E-state index in [4.69, 9.17) is 4.74 Å². The summed E-state index contributed by atoms with van der Waals surface area (Å²) in [6, 6.07) is 8.38. The summed E-state index contributed by atoms with van der Waals surface area (Å²) in [7, 11) is 0. The topological polar surface area (TPSA) is 53.6 Å². The Hall–Kier alpha value is -0.850. The third-order valence-electron chi connectivity index (χ3n) is 5.19. The average molecular weight is 418 g/mol. The molecule has 1 aromatic carbocycles. The van der Waals surface area contributed by atoms with Crippen LogP contribution in [0.25, 0.3) is 0 Å². The van der Waals surface area contributed by atoms with E-state index in [0.717, 1.165) is 18.7 Å². The van der Waals surface area contributed by atoms with Crippen LogP contribution in [0, 0.1) is 0 Å². The lowest BCUT2D eigenvalue weighted by Crippen LogP contribution is -2.55. The zero-order chi connectivity index (χ0) is 17.5. The van der Waals surface area contributed by atoms with E-state index >= 15 is 0 Å². The number of benzene rings is 1. The molecular formula is C20H33Cl2N3O2. The Morgan fingerprint density at radius 2 is 1.74 bits per heavy atom. The molecule has 7 heteroatoms. The summed E-state index contributed by atoms with van der Waals surface area (Å²) < 4.78 is 5.53. The van der Waals surface area contributed by atoms with Gasteiger partial charge in [0.1, 0.15) is 6.04 Å². The van der Waals surface area contributed by atoms with Gasteiger partial charge < -0.3 is 15.4 Å². The summed E-state index contributed by atoms with van der Waals surface area (Å²) in [5.74, 6) is 0.0147. The Balaban J connectivity index is 0.00000182. The van der Waals surface area contributed by atoms with E-state index in [1.807, 2.05) is 6.92 Å². The van der Waals surface area contributed by atoms with Gasteiger partial charge in [-0.2, -0.15) is 0 Å². The molecule has 3 rings (SSSR count). The van der Waals surface area contributed by atoms with E-state index in [2.05, 4.69) is 39.8 Å². The van der Waals surface area contributed by atoms with E-state index in [-0.39, 0.29) is 42.9 Å². The number of morpholine rings is 1. The van der Waals surface area contributed by atoms with Crippen molar-refractivity contribution in [3.05, 3.63) is 35.4 Å². The van der Waals surface area contributed by atoms with Crippen LogP contribution >= 0.6 is 24.8 Å². The summed E-state index contributed by atoms with van der Waals surface area (Å²) in [6.45, 7) is 7.37. The molecule has 5 nitrogen and oxygen atoms in total. The molecule has 2 aliphatic rings. The fourth-order valence-electron chi connectivity index (χ4n) is 3.64. The van der Waals surface area contributed by atoms with E-state index in [9.17, 15) is 4.79 Å². The predicted octanol–water partition coefficient (Wildman–Crippen LogP) is 2.90. The van der Waals surface area contributed by atoms with Gasteiger partial charge in [0.05, 0.1) is 12.7 Å². The van der Waals surface area contributed by atoms with Gasteiger partial charge in [-0.1, -0.05) is 37.1 Å². The molecule has 2 atom stereocenters. The molecule has 154 valence electrons. The Morgan fingerprint density at radius 3 is 2.37 bits per heavy atom. The molecule has 1 amide bonds. The second kappa shape index (κ2) is 12.6. The van der Waals surface area contributed by atoms with Gasteiger partial charge in [0.15, 0.2) is 0 Å². The number of hydrogen-bond donors (Lipinski definition) is 2. The zero-order valence-electron chi connectivity index (χ0n) is 16.1. The minimum atomic E-state index is -0.254. The van der Waals surface area contributed by atoms with Gasteiger partial charge in [-0.05, 0) is 44.0 Å². The first kappa shape index (κ1) is 24.2. The zero-order valence-corrected chi connectivity index (χ0v) is 17.7. The van der Waals surface area contributed by atoms with Crippen molar-refractivity contribution in [2.75, 3.05) is 26.2 Å². The minimum Gasteiger partial charge on any atom is -0.375 e. The Kier molecular flexibility index (Phi) is 11.3. The Labute approximate surface area is 175 Å². The number of hydrogen-bond acceptors (Lipinski definition) is 4. The summed E-state index contributed by atoms with van der Waals surface area (Å²) in [6.07, 6.45) is 5.30. The number of nitrogens with zero attached hydrogens (tertiary/aromatic N) is 1. The standard InChI is InChI=1S/C20H31N3O2.2ClH/c1-16-19(21-10-13-25-16)20(24)22-14-17-6-8-18(9-7-17)15-23-11-4-2-3-5-12-23;;/h6-9,16,19,21H,2-5,10-15H2,1H3,(H,22,24);2*1H/t16-,19+;;/m1../s1. The van der Waals surface area contributed by atoms with Crippen molar-refractivity contribution in [2.45, 2.75) is 57.8 Å². The SMILES string of the molecule is C[C@H]1OCCN[C@@H]1C(=O)NCc1ccc(CN2CCCCCC2)cc1.Cl.Cl. The van der Waals surface area contributed by atoms with Gasteiger partial charge in [-0.3, -0.25) is 9.69 Å². The molecule has 0 radical (unpaired) electrons. The molecule has 0 aliphatic carbocycles. The number of likely N-dealkylation sites (tertiary alicyclic amines) is 1. The van der Waals surface area contributed by atoms with Crippen molar-refractivity contribution in [3.63, 3.8) is 0 Å². The number of carbonyl (C=O) groups excluding carboxylic acids is 1. The van der Waals surface area contributed by atoms with Gasteiger partial charge >= 0.3 is 0 Å². The van der Waals surface area contributed by atoms with Crippen LogP contribution in [-0.4, -0.2) is 49.2 Å². The first-order valence-electron chi connectivity index (χ1n) is 9.65. The lowest BCUT2D eigenvalue weighted by molar-refractivity contribution is -0.129. The lowest BCUT2D eigenvalue weighted by atomic mass is 10.1. The highest BCUT2D eigenvalue weighted by Gasteiger charge is 2.27. The first-order chi connectivity index (χ1) is 12.2. The smallest absolute Gasteiger partial charge is 0.240 e. The molecule has 1 aromatic rings. The second-order valence-electron chi connectivity index (χ2n) is 7.23. The van der Waals surface area contributed by atoms with Crippen molar-refractivity contribution in [1.29, 1.82) is 0 Å². The molecule has 0 aromatic heterocycles. The van der Waals surface area contributed by atoms with Gasteiger partial charge in [0, 0.05) is 19.6 Å². The maximum atomic E-state index is 12.3. The van der Waals surface area contributed by atoms with Gasteiger partial charge in [-0.15, -0.1) is 24.8 Å². The van der Waals surface area contributed by atoms with E-state index in [1.54, 1.807) is 0 Å². The quantitative estimate of drug-likeness (QED) is 0.772. The Bertz CT molecular complexity index is 549. The highest BCUT2D eigenvalue weighted by molar-refractivity contribution is 5.85. The molecule has 0 saturated carbocycles. The van der Waals surface area contributed by atoms with E-state index < -0.39 is 0 Å².